The summed E-state index contributed by atoms with van der Waals surface area (Å²) in [6.07, 6.45) is -0.00753. The van der Waals surface area contributed by atoms with Gasteiger partial charge in [0.05, 0.1) is 24.4 Å². The first-order chi connectivity index (χ1) is 15.4. The molecule has 180 valence electrons. The van der Waals surface area contributed by atoms with Crippen LogP contribution in [0.1, 0.15) is 65.6 Å². The molecule has 33 heavy (non-hydrogen) atoms. The largest absolute Gasteiger partial charge is 0.466 e. The van der Waals surface area contributed by atoms with E-state index in [1.54, 1.807) is 11.6 Å². The molecule has 1 heterocycles. The monoisotopic (exact) mass is 456 g/mol. The maximum Gasteiger partial charge on any atom is 0.306 e. The van der Waals surface area contributed by atoms with Gasteiger partial charge < -0.3 is 15.0 Å². The number of rotatable bonds is 9. The van der Waals surface area contributed by atoms with E-state index in [-0.39, 0.29) is 49.3 Å². The fraction of sp³-hybridized carbons (Fsp3) is 0.520. The molecule has 0 radical (unpaired) electrons. The number of benzene rings is 1. The number of ether oxygens (including phenoxy) is 1. The van der Waals surface area contributed by atoms with Gasteiger partial charge in [0.15, 0.2) is 0 Å². The molecule has 0 aliphatic heterocycles. The quantitative estimate of drug-likeness (QED) is 0.576. The number of nitrogens with zero attached hydrogens (tertiary/aromatic N) is 3. The molecule has 1 N–H and O–H groups in total. The smallest absolute Gasteiger partial charge is 0.306 e. The Kier molecular flexibility index (Phi) is 8.79. The first-order valence-electron chi connectivity index (χ1n) is 11.3. The minimum Gasteiger partial charge on any atom is -0.466 e. The van der Waals surface area contributed by atoms with Gasteiger partial charge in [-0.25, -0.2) is 4.68 Å². The summed E-state index contributed by atoms with van der Waals surface area (Å²) in [5, 5.41) is 7.64. The summed E-state index contributed by atoms with van der Waals surface area (Å²) in [6, 6.07) is 9.54. The van der Waals surface area contributed by atoms with Crippen molar-refractivity contribution >= 4 is 23.6 Å². The van der Waals surface area contributed by atoms with E-state index in [1.807, 2.05) is 51.1 Å². The topological polar surface area (TPSA) is 93.5 Å². The third-order valence-corrected chi connectivity index (χ3v) is 5.13. The van der Waals surface area contributed by atoms with Crippen molar-refractivity contribution in [2.24, 2.45) is 0 Å². The van der Waals surface area contributed by atoms with Crippen molar-refractivity contribution in [3.05, 3.63) is 41.6 Å². The van der Waals surface area contributed by atoms with Gasteiger partial charge in [0.1, 0.15) is 12.4 Å². The van der Waals surface area contributed by atoms with Gasteiger partial charge in [0.2, 0.25) is 11.8 Å². The molecule has 0 bridgehead atoms. The van der Waals surface area contributed by atoms with Gasteiger partial charge >= 0.3 is 5.97 Å². The molecule has 2 amide bonds. The van der Waals surface area contributed by atoms with Crippen molar-refractivity contribution in [3.63, 3.8) is 0 Å². The number of anilines is 1. The maximum atomic E-state index is 12.9. The fourth-order valence-corrected chi connectivity index (χ4v) is 3.20. The van der Waals surface area contributed by atoms with Crippen LogP contribution in [-0.2, 0) is 24.5 Å². The van der Waals surface area contributed by atoms with Gasteiger partial charge in [-0.2, -0.15) is 5.10 Å². The number of aromatic nitrogens is 2. The molecule has 8 heteroatoms. The molecule has 1 aromatic carbocycles. The zero-order valence-corrected chi connectivity index (χ0v) is 20.8. The van der Waals surface area contributed by atoms with Crippen molar-refractivity contribution in [2.45, 2.75) is 72.8 Å². The molecule has 2 aromatic rings. The summed E-state index contributed by atoms with van der Waals surface area (Å²) in [5.74, 6) is -0.482. The van der Waals surface area contributed by atoms with Crippen LogP contribution in [0.3, 0.4) is 0 Å². The maximum absolute atomic E-state index is 12.9. The number of carbonyl (C=O) groups excluding carboxylic acids is 3. The standard InChI is InChI=1S/C25H36N4O4/c1-8-33-24(32)14-13-23(31)28(17(2)3)16-22(30)26-21-15-20(25(5,6)7)27-29(21)19-11-9-18(4)10-12-19/h9-12,15,17H,8,13-14,16H2,1-7H3,(H,26,30). The van der Waals surface area contributed by atoms with E-state index in [0.717, 1.165) is 16.9 Å². The van der Waals surface area contributed by atoms with Gasteiger partial charge in [-0.3, -0.25) is 14.4 Å². The highest BCUT2D eigenvalue weighted by molar-refractivity contribution is 5.94. The second-order valence-electron chi connectivity index (χ2n) is 9.38. The third kappa shape index (κ3) is 7.44. The number of hydrogen-bond acceptors (Lipinski definition) is 5. The molecule has 0 aliphatic carbocycles. The Balaban J connectivity index is 2.20. The van der Waals surface area contributed by atoms with Crippen molar-refractivity contribution < 1.29 is 19.1 Å². The van der Waals surface area contributed by atoms with Crippen LogP contribution in [0.15, 0.2) is 30.3 Å². The van der Waals surface area contributed by atoms with Crippen LogP contribution in [0.25, 0.3) is 5.69 Å². The molecule has 0 saturated carbocycles. The summed E-state index contributed by atoms with van der Waals surface area (Å²) >= 11 is 0. The van der Waals surface area contributed by atoms with Crippen LogP contribution < -0.4 is 5.32 Å². The average Bonchev–Trinajstić information content (AvgIpc) is 3.15. The highest BCUT2D eigenvalue weighted by atomic mass is 16.5. The van der Waals surface area contributed by atoms with E-state index >= 15 is 0 Å². The summed E-state index contributed by atoms with van der Waals surface area (Å²) in [6.45, 7) is 13.7. The van der Waals surface area contributed by atoms with Gasteiger partial charge in [-0.05, 0) is 39.8 Å². The van der Waals surface area contributed by atoms with Crippen LogP contribution in [0.4, 0.5) is 5.82 Å². The lowest BCUT2D eigenvalue weighted by Crippen LogP contribution is -2.42. The van der Waals surface area contributed by atoms with Crippen molar-refractivity contribution in [1.29, 1.82) is 0 Å². The average molecular weight is 457 g/mol. The van der Waals surface area contributed by atoms with Crippen LogP contribution in [0, 0.1) is 6.92 Å². The molecule has 0 spiro atoms. The second-order valence-corrected chi connectivity index (χ2v) is 9.38. The zero-order chi connectivity index (χ0) is 24.8. The van der Waals surface area contributed by atoms with Crippen LogP contribution >= 0.6 is 0 Å². The fourth-order valence-electron chi connectivity index (χ4n) is 3.20. The summed E-state index contributed by atoms with van der Waals surface area (Å²) in [7, 11) is 0. The second kappa shape index (κ2) is 11.1. The van der Waals surface area contributed by atoms with E-state index in [2.05, 4.69) is 26.1 Å². The van der Waals surface area contributed by atoms with Crippen LogP contribution in [0.2, 0.25) is 0 Å². The number of carbonyl (C=O) groups is 3. The highest BCUT2D eigenvalue weighted by Gasteiger charge is 2.24. The summed E-state index contributed by atoms with van der Waals surface area (Å²) < 4.78 is 6.59. The van der Waals surface area contributed by atoms with E-state index < -0.39 is 5.97 Å². The number of hydrogen-bond donors (Lipinski definition) is 1. The van der Waals surface area contributed by atoms with Crippen molar-refractivity contribution in [3.8, 4) is 5.69 Å². The van der Waals surface area contributed by atoms with E-state index in [4.69, 9.17) is 9.84 Å². The van der Waals surface area contributed by atoms with Gasteiger partial charge in [-0.1, -0.05) is 38.5 Å². The molecule has 0 atom stereocenters. The molecule has 2 rings (SSSR count). The molecular weight excluding hydrogens is 420 g/mol. The van der Waals surface area contributed by atoms with E-state index in [1.165, 1.54) is 4.90 Å². The number of amides is 2. The number of esters is 1. The van der Waals surface area contributed by atoms with Crippen molar-refractivity contribution in [2.75, 3.05) is 18.5 Å². The minimum absolute atomic E-state index is 0.000234. The van der Waals surface area contributed by atoms with Crippen molar-refractivity contribution in [1.82, 2.24) is 14.7 Å². The van der Waals surface area contributed by atoms with Gasteiger partial charge in [0.25, 0.3) is 0 Å². The summed E-state index contributed by atoms with van der Waals surface area (Å²) in [5.41, 5.74) is 2.59. The predicted molar refractivity (Wildman–Crippen MR) is 128 cm³/mol. The van der Waals surface area contributed by atoms with E-state index in [0.29, 0.717) is 5.82 Å². The molecule has 0 saturated heterocycles. The highest BCUT2D eigenvalue weighted by Crippen LogP contribution is 2.26. The molecule has 8 nitrogen and oxygen atoms in total. The summed E-state index contributed by atoms with van der Waals surface area (Å²) in [4.78, 5) is 38.7. The zero-order valence-electron chi connectivity index (χ0n) is 20.8. The lowest BCUT2D eigenvalue weighted by Gasteiger charge is -2.26. The Morgan fingerprint density at radius 1 is 1.12 bits per heavy atom. The lowest BCUT2D eigenvalue weighted by atomic mass is 9.92. The Hall–Kier alpha value is -3.16. The molecule has 0 unspecified atom stereocenters. The first kappa shape index (κ1) is 26.1. The Bertz CT molecular complexity index is 971. The molecule has 0 fully saturated rings. The Morgan fingerprint density at radius 2 is 1.76 bits per heavy atom. The van der Waals surface area contributed by atoms with Crippen LogP contribution in [-0.4, -0.2) is 51.7 Å². The number of nitrogens with one attached hydrogen (secondary N) is 1. The molecular formula is C25H36N4O4. The van der Waals surface area contributed by atoms with Crippen LogP contribution in [0.5, 0.6) is 0 Å². The SMILES string of the molecule is CCOC(=O)CCC(=O)N(CC(=O)Nc1cc(C(C)(C)C)nn1-c1ccc(C)cc1)C(C)C. The number of aryl methyl sites for hydroxylation is 1. The normalized spacial score (nSPS) is 11.4. The first-order valence-corrected chi connectivity index (χ1v) is 11.3. The predicted octanol–water partition coefficient (Wildman–Crippen LogP) is 4.00. The van der Waals surface area contributed by atoms with Gasteiger partial charge in [0, 0.05) is 23.9 Å². The van der Waals surface area contributed by atoms with E-state index in [9.17, 15) is 14.4 Å². The van der Waals surface area contributed by atoms with Gasteiger partial charge in [-0.15, -0.1) is 0 Å². The minimum atomic E-state index is -0.421. The molecule has 0 aliphatic rings. The molecule has 1 aromatic heterocycles. The Morgan fingerprint density at radius 3 is 2.30 bits per heavy atom. The Labute approximate surface area is 196 Å². The lowest BCUT2D eigenvalue weighted by molar-refractivity contribution is -0.146. The third-order valence-electron chi connectivity index (χ3n) is 5.13.